The highest BCUT2D eigenvalue weighted by Gasteiger charge is 2.15. The molecule has 1 atom stereocenters. The van der Waals surface area contributed by atoms with E-state index in [4.69, 9.17) is 14.2 Å². The van der Waals surface area contributed by atoms with Crippen LogP contribution in [0.25, 0.3) is 0 Å². The molecule has 21 heavy (non-hydrogen) atoms. The van der Waals surface area contributed by atoms with Crippen LogP contribution in [0.15, 0.2) is 0 Å². The van der Waals surface area contributed by atoms with Crippen LogP contribution < -0.4 is 15.4 Å². The van der Waals surface area contributed by atoms with E-state index in [-0.39, 0.29) is 6.10 Å². The average Bonchev–Trinajstić information content (AvgIpc) is 2.52. The van der Waals surface area contributed by atoms with Gasteiger partial charge in [-0.1, -0.05) is 6.92 Å². The van der Waals surface area contributed by atoms with Crippen molar-refractivity contribution >= 4 is 11.9 Å². The first kappa shape index (κ1) is 15.7. The molecule has 8 heteroatoms. The van der Waals surface area contributed by atoms with Gasteiger partial charge in [-0.15, -0.1) is 0 Å². The fourth-order valence-electron chi connectivity index (χ4n) is 1.79. The fraction of sp³-hybridized carbons (Fsp3) is 0.769. The molecule has 0 radical (unpaired) electrons. The summed E-state index contributed by atoms with van der Waals surface area (Å²) in [5, 5.41) is 6.21. The summed E-state index contributed by atoms with van der Waals surface area (Å²) >= 11 is 0. The van der Waals surface area contributed by atoms with Crippen LogP contribution in [-0.4, -0.2) is 60.6 Å². The minimum atomic E-state index is 0.0121. The van der Waals surface area contributed by atoms with Gasteiger partial charge in [0, 0.05) is 13.1 Å². The molecule has 1 unspecified atom stereocenters. The van der Waals surface area contributed by atoms with E-state index in [9.17, 15) is 0 Å². The van der Waals surface area contributed by atoms with E-state index < -0.39 is 0 Å². The van der Waals surface area contributed by atoms with E-state index in [2.05, 4.69) is 25.6 Å². The van der Waals surface area contributed by atoms with Crippen molar-refractivity contribution in [3.05, 3.63) is 0 Å². The van der Waals surface area contributed by atoms with Crippen molar-refractivity contribution in [3.63, 3.8) is 0 Å². The number of ether oxygens (including phenoxy) is 3. The Hall–Kier alpha value is -1.67. The van der Waals surface area contributed by atoms with Crippen LogP contribution in [0.1, 0.15) is 20.3 Å². The minimum absolute atomic E-state index is 0.0121. The van der Waals surface area contributed by atoms with Gasteiger partial charge in [-0.2, -0.15) is 15.0 Å². The maximum Gasteiger partial charge on any atom is 0.323 e. The van der Waals surface area contributed by atoms with E-state index >= 15 is 0 Å². The zero-order chi connectivity index (χ0) is 14.9. The number of hydrogen-bond acceptors (Lipinski definition) is 8. The van der Waals surface area contributed by atoms with Crippen LogP contribution in [0, 0.1) is 0 Å². The first-order valence-corrected chi connectivity index (χ1v) is 7.37. The fourth-order valence-corrected chi connectivity index (χ4v) is 1.79. The molecule has 118 valence electrons. The monoisotopic (exact) mass is 297 g/mol. The van der Waals surface area contributed by atoms with E-state index in [1.807, 2.05) is 13.8 Å². The van der Waals surface area contributed by atoms with E-state index in [0.29, 0.717) is 50.9 Å². The second-order valence-electron chi connectivity index (χ2n) is 4.59. The van der Waals surface area contributed by atoms with Crippen molar-refractivity contribution in [2.45, 2.75) is 26.4 Å². The predicted octanol–water partition coefficient (Wildman–Crippen LogP) is 0.919. The maximum absolute atomic E-state index is 5.57. The molecule has 1 saturated heterocycles. The molecule has 1 aliphatic heterocycles. The summed E-state index contributed by atoms with van der Waals surface area (Å²) in [7, 11) is 0. The Bertz CT molecular complexity index is 426. The van der Waals surface area contributed by atoms with Gasteiger partial charge in [-0.05, 0) is 13.3 Å². The third-order valence-corrected chi connectivity index (χ3v) is 2.76. The number of rotatable bonds is 8. The molecule has 1 aromatic heterocycles. The Morgan fingerprint density at radius 2 is 1.95 bits per heavy atom. The third kappa shape index (κ3) is 5.31. The van der Waals surface area contributed by atoms with Gasteiger partial charge in [-0.3, -0.25) is 0 Å². The quantitative estimate of drug-likeness (QED) is 0.732. The van der Waals surface area contributed by atoms with Gasteiger partial charge in [0.1, 0.15) is 0 Å². The van der Waals surface area contributed by atoms with Gasteiger partial charge in [0.15, 0.2) is 0 Å². The second kappa shape index (κ2) is 8.58. The van der Waals surface area contributed by atoms with Crippen molar-refractivity contribution in [1.29, 1.82) is 0 Å². The lowest BCUT2D eigenvalue weighted by atomic mass is 10.3. The summed E-state index contributed by atoms with van der Waals surface area (Å²) in [5.74, 6) is 0.975. The van der Waals surface area contributed by atoms with Crippen LogP contribution in [0.3, 0.4) is 0 Å². The lowest BCUT2D eigenvalue weighted by Gasteiger charge is -2.23. The number of anilines is 2. The number of nitrogens with zero attached hydrogens (tertiary/aromatic N) is 3. The van der Waals surface area contributed by atoms with Gasteiger partial charge in [0.2, 0.25) is 11.9 Å². The Balaban J connectivity index is 1.96. The van der Waals surface area contributed by atoms with Gasteiger partial charge in [-0.25, -0.2) is 0 Å². The van der Waals surface area contributed by atoms with E-state index in [0.717, 1.165) is 13.0 Å². The lowest BCUT2D eigenvalue weighted by molar-refractivity contribution is -0.0819. The molecular weight excluding hydrogens is 274 g/mol. The summed E-state index contributed by atoms with van der Waals surface area (Å²) in [6.07, 6.45) is 0.913. The zero-order valence-electron chi connectivity index (χ0n) is 12.6. The number of aromatic nitrogens is 3. The molecule has 1 aliphatic rings. The Kier molecular flexibility index (Phi) is 6.42. The highest BCUT2D eigenvalue weighted by atomic mass is 16.6. The second-order valence-corrected chi connectivity index (χ2v) is 4.59. The SMILES string of the molecule is CCCOc1nc(NCC)nc(NCC2COCCO2)n1. The molecule has 2 N–H and O–H groups in total. The highest BCUT2D eigenvalue weighted by Crippen LogP contribution is 2.12. The molecule has 1 fully saturated rings. The molecule has 0 aliphatic carbocycles. The van der Waals surface area contributed by atoms with Gasteiger partial charge in [0.25, 0.3) is 0 Å². The predicted molar refractivity (Wildman–Crippen MR) is 78.8 cm³/mol. The summed E-state index contributed by atoms with van der Waals surface area (Å²) in [6.45, 7) is 7.77. The molecule has 0 amide bonds. The van der Waals surface area contributed by atoms with Crippen LogP contribution >= 0.6 is 0 Å². The molecule has 0 aromatic carbocycles. The summed E-state index contributed by atoms with van der Waals surface area (Å²) < 4.78 is 16.4. The van der Waals surface area contributed by atoms with Crippen LogP contribution in [0.5, 0.6) is 6.01 Å². The Morgan fingerprint density at radius 3 is 2.62 bits per heavy atom. The normalized spacial score (nSPS) is 18.3. The van der Waals surface area contributed by atoms with Crippen molar-refractivity contribution in [2.75, 3.05) is 50.2 Å². The minimum Gasteiger partial charge on any atom is -0.463 e. The van der Waals surface area contributed by atoms with Gasteiger partial charge >= 0.3 is 6.01 Å². The van der Waals surface area contributed by atoms with Gasteiger partial charge < -0.3 is 24.8 Å². The third-order valence-electron chi connectivity index (χ3n) is 2.76. The van der Waals surface area contributed by atoms with Crippen LogP contribution in [0.4, 0.5) is 11.9 Å². The molecule has 8 nitrogen and oxygen atoms in total. The Morgan fingerprint density at radius 1 is 1.14 bits per heavy atom. The van der Waals surface area contributed by atoms with Crippen molar-refractivity contribution in [2.24, 2.45) is 0 Å². The molecule has 0 bridgehead atoms. The molecule has 2 rings (SSSR count). The lowest BCUT2D eigenvalue weighted by Crippen LogP contribution is -2.34. The molecule has 0 spiro atoms. The van der Waals surface area contributed by atoms with Crippen molar-refractivity contribution in [1.82, 2.24) is 15.0 Å². The highest BCUT2D eigenvalue weighted by molar-refractivity contribution is 5.35. The van der Waals surface area contributed by atoms with Crippen LogP contribution in [-0.2, 0) is 9.47 Å². The maximum atomic E-state index is 5.57. The van der Waals surface area contributed by atoms with E-state index in [1.54, 1.807) is 0 Å². The first-order valence-electron chi connectivity index (χ1n) is 7.37. The average molecular weight is 297 g/mol. The molecule has 1 aromatic rings. The zero-order valence-corrected chi connectivity index (χ0v) is 12.6. The summed E-state index contributed by atoms with van der Waals surface area (Å²) in [5.41, 5.74) is 0. The largest absolute Gasteiger partial charge is 0.463 e. The molecule has 0 saturated carbocycles. The summed E-state index contributed by atoms with van der Waals surface area (Å²) in [4.78, 5) is 12.7. The van der Waals surface area contributed by atoms with E-state index in [1.165, 1.54) is 0 Å². The smallest absolute Gasteiger partial charge is 0.323 e. The number of nitrogens with one attached hydrogen (secondary N) is 2. The molecular formula is C13H23N5O3. The van der Waals surface area contributed by atoms with Crippen molar-refractivity contribution in [3.8, 4) is 6.01 Å². The standard InChI is InChI=1S/C13H23N5O3/c1-3-5-21-13-17-11(14-4-2)16-12(18-13)15-8-10-9-19-6-7-20-10/h10H,3-9H2,1-2H3,(H2,14,15,16,17,18). The van der Waals surface area contributed by atoms with Crippen molar-refractivity contribution < 1.29 is 14.2 Å². The number of hydrogen-bond donors (Lipinski definition) is 2. The summed E-state index contributed by atoms with van der Waals surface area (Å²) in [6, 6.07) is 0.325. The Labute approximate surface area is 124 Å². The van der Waals surface area contributed by atoms with Crippen LogP contribution in [0.2, 0.25) is 0 Å². The first-order chi connectivity index (χ1) is 10.3. The molecule has 2 heterocycles. The topological polar surface area (TPSA) is 90.4 Å². The van der Waals surface area contributed by atoms with Gasteiger partial charge in [0.05, 0.1) is 32.5 Å².